The van der Waals surface area contributed by atoms with Gasteiger partial charge >= 0.3 is 5.97 Å². The molecule has 0 atom stereocenters. The predicted octanol–water partition coefficient (Wildman–Crippen LogP) is 10.4. The van der Waals surface area contributed by atoms with E-state index in [-0.39, 0.29) is 5.97 Å². The molecule has 232 valence electrons. The maximum absolute atomic E-state index is 12.7. The van der Waals surface area contributed by atoms with Crippen molar-refractivity contribution in [2.24, 2.45) is 11.8 Å². The highest BCUT2D eigenvalue weighted by Gasteiger charge is 2.20. The summed E-state index contributed by atoms with van der Waals surface area (Å²) in [7, 11) is 0. The number of aryl methyl sites for hydroxylation is 1. The fraction of sp³-hybridized carbons (Fsp3) is 0.553. The van der Waals surface area contributed by atoms with E-state index in [1.54, 1.807) is 24.3 Å². The second-order valence-corrected chi connectivity index (χ2v) is 12.4. The van der Waals surface area contributed by atoms with Gasteiger partial charge in [0.15, 0.2) is 5.82 Å². The quantitative estimate of drug-likeness (QED) is 0.0845. The number of nitrogens with zero attached hydrogens (tertiary/aromatic N) is 2. The first-order valence-electron chi connectivity index (χ1n) is 17.0. The molecule has 1 heterocycles. The van der Waals surface area contributed by atoms with E-state index in [0.717, 1.165) is 42.6 Å². The Hall–Kier alpha value is -3.21. The van der Waals surface area contributed by atoms with Crippen LogP contribution in [-0.2, 0) is 6.42 Å². The molecule has 1 aliphatic carbocycles. The molecule has 0 saturated heterocycles. The van der Waals surface area contributed by atoms with E-state index in [1.165, 1.54) is 95.5 Å². The number of carbonyl (C=O) groups excluding carboxylic acids is 1. The van der Waals surface area contributed by atoms with Crippen LogP contribution >= 0.6 is 0 Å². The normalized spacial score (nSPS) is 16.6. The van der Waals surface area contributed by atoms with Crippen molar-refractivity contribution in [3.05, 3.63) is 72.1 Å². The molecule has 2 aromatic carbocycles. The summed E-state index contributed by atoms with van der Waals surface area (Å²) in [6.07, 6.45) is 24.7. The van der Waals surface area contributed by atoms with Crippen molar-refractivity contribution in [1.29, 1.82) is 0 Å². The van der Waals surface area contributed by atoms with Crippen LogP contribution in [0.4, 0.5) is 0 Å². The number of ether oxygens (including phenoxy) is 2. The highest BCUT2D eigenvalue weighted by molar-refractivity contribution is 5.91. The minimum absolute atomic E-state index is 0.389. The lowest BCUT2D eigenvalue weighted by Gasteiger charge is -2.28. The SMILES string of the molecule is CCCCCCCc1cnc(-c2ccc(C(=O)Oc3ccc(OCCCC4CCC(CCCCC)CC4)cc3)cc2)nc1. The fourth-order valence-corrected chi connectivity index (χ4v) is 6.14. The lowest BCUT2D eigenvalue weighted by atomic mass is 9.78. The molecule has 1 aliphatic rings. The van der Waals surface area contributed by atoms with Crippen molar-refractivity contribution in [2.75, 3.05) is 6.61 Å². The Balaban J connectivity index is 1.14. The minimum Gasteiger partial charge on any atom is -0.494 e. The van der Waals surface area contributed by atoms with Crippen molar-refractivity contribution < 1.29 is 14.3 Å². The molecule has 43 heavy (non-hydrogen) atoms. The van der Waals surface area contributed by atoms with Crippen LogP contribution in [0.1, 0.15) is 126 Å². The van der Waals surface area contributed by atoms with Crippen LogP contribution in [-0.4, -0.2) is 22.5 Å². The Morgan fingerprint density at radius 3 is 1.93 bits per heavy atom. The van der Waals surface area contributed by atoms with Gasteiger partial charge in [-0.05, 0) is 79.5 Å². The predicted molar refractivity (Wildman–Crippen MR) is 176 cm³/mol. The maximum atomic E-state index is 12.7. The molecule has 0 aliphatic heterocycles. The molecular weight excluding hydrogens is 532 g/mol. The molecule has 1 aromatic heterocycles. The molecule has 0 bridgehead atoms. The zero-order chi connectivity index (χ0) is 30.1. The number of carbonyl (C=O) groups is 1. The first kappa shape index (κ1) is 32.7. The van der Waals surface area contributed by atoms with Crippen molar-refractivity contribution in [1.82, 2.24) is 9.97 Å². The first-order valence-corrected chi connectivity index (χ1v) is 17.0. The zero-order valence-electron chi connectivity index (χ0n) is 26.6. The average molecular weight is 585 g/mol. The van der Waals surface area contributed by atoms with E-state index in [2.05, 4.69) is 23.8 Å². The highest BCUT2D eigenvalue weighted by atomic mass is 16.5. The molecule has 0 radical (unpaired) electrons. The Labute approximate surface area is 259 Å². The number of aromatic nitrogens is 2. The molecule has 0 spiro atoms. The molecule has 5 nitrogen and oxygen atoms in total. The number of benzene rings is 2. The summed E-state index contributed by atoms with van der Waals surface area (Å²) < 4.78 is 11.6. The van der Waals surface area contributed by atoms with E-state index in [4.69, 9.17) is 9.47 Å². The third-order valence-corrected chi connectivity index (χ3v) is 8.90. The van der Waals surface area contributed by atoms with Crippen LogP contribution < -0.4 is 9.47 Å². The molecule has 0 amide bonds. The summed E-state index contributed by atoms with van der Waals surface area (Å²) in [4.78, 5) is 21.8. The molecule has 5 heteroatoms. The smallest absolute Gasteiger partial charge is 0.343 e. The first-order chi connectivity index (χ1) is 21.1. The second kappa shape index (κ2) is 18.5. The molecule has 1 fully saturated rings. The average Bonchev–Trinajstić information content (AvgIpc) is 3.05. The lowest BCUT2D eigenvalue weighted by molar-refractivity contribution is 0.0734. The van der Waals surface area contributed by atoms with Crippen molar-refractivity contribution >= 4 is 5.97 Å². The van der Waals surface area contributed by atoms with Gasteiger partial charge in [-0.25, -0.2) is 14.8 Å². The number of rotatable bonds is 18. The molecule has 0 N–H and O–H groups in total. The Morgan fingerprint density at radius 1 is 0.698 bits per heavy atom. The summed E-state index contributed by atoms with van der Waals surface area (Å²) >= 11 is 0. The van der Waals surface area contributed by atoms with Gasteiger partial charge in [-0.1, -0.05) is 103 Å². The van der Waals surface area contributed by atoms with Crippen molar-refractivity contribution in [2.45, 2.75) is 117 Å². The number of hydrogen-bond donors (Lipinski definition) is 0. The van der Waals surface area contributed by atoms with Gasteiger partial charge in [-0.3, -0.25) is 0 Å². The van der Waals surface area contributed by atoms with Crippen LogP contribution in [0.2, 0.25) is 0 Å². The third kappa shape index (κ3) is 11.4. The monoisotopic (exact) mass is 584 g/mol. The summed E-state index contributed by atoms with van der Waals surface area (Å²) in [5.41, 5.74) is 2.54. The van der Waals surface area contributed by atoms with Gasteiger partial charge in [-0.15, -0.1) is 0 Å². The van der Waals surface area contributed by atoms with Crippen molar-refractivity contribution in [3.8, 4) is 22.9 Å². The zero-order valence-corrected chi connectivity index (χ0v) is 26.6. The topological polar surface area (TPSA) is 61.3 Å². The maximum Gasteiger partial charge on any atom is 0.343 e. The largest absolute Gasteiger partial charge is 0.494 e. The standard InChI is InChI=1S/C38H52N2O3/c1-3-5-7-8-10-13-32-28-39-37(40-29-32)33-19-21-34(22-20-33)38(41)43-36-25-23-35(24-26-36)42-27-11-14-31-17-15-30(16-18-31)12-9-6-4-2/h19-26,28-31H,3-18,27H2,1-2H3. The third-order valence-electron chi connectivity index (χ3n) is 8.90. The second-order valence-electron chi connectivity index (χ2n) is 12.4. The fourth-order valence-electron chi connectivity index (χ4n) is 6.14. The number of esters is 1. The highest BCUT2D eigenvalue weighted by Crippen LogP contribution is 2.34. The number of unbranched alkanes of at least 4 members (excludes halogenated alkanes) is 6. The van der Waals surface area contributed by atoms with E-state index in [0.29, 0.717) is 17.1 Å². The van der Waals surface area contributed by atoms with Crippen LogP contribution in [0.25, 0.3) is 11.4 Å². The summed E-state index contributed by atoms with van der Waals surface area (Å²) in [5, 5.41) is 0. The van der Waals surface area contributed by atoms with Crippen LogP contribution in [0.5, 0.6) is 11.5 Å². The Morgan fingerprint density at radius 2 is 1.28 bits per heavy atom. The summed E-state index contributed by atoms with van der Waals surface area (Å²) in [6.45, 7) is 5.25. The van der Waals surface area contributed by atoms with Gasteiger partial charge in [0.05, 0.1) is 12.2 Å². The van der Waals surface area contributed by atoms with Crippen molar-refractivity contribution in [3.63, 3.8) is 0 Å². The van der Waals surface area contributed by atoms with Gasteiger partial charge in [0.2, 0.25) is 0 Å². The van der Waals surface area contributed by atoms with Gasteiger partial charge < -0.3 is 9.47 Å². The molecule has 3 aromatic rings. The molecular formula is C38H52N2O3. The Kier molecular flexibility index (Phi) is 14.0. The van der Waals surface area contributed by atoms with Crippen LogP contribution in [0.15, 0.2) is 60.9 Å². The van der Waals surface area contributed by atoms with E-state index >= 15 is 0 Å². The van der Waals surface area contributed by atoms with Crippen LogP contribution in [0.3, 0.4) is 0 Å². The molecule has 1 saturated carbocycles. The van der Waals surface area contributed by atoms with E-state index in [9.17, 15) is 4.79 Å². The summed E-state index contributed by atoms with van der Waals surface area (Å²) in [6, 6.07) is 14.6. The van der Waals surface area contributed by atoms with Gasteiger partial charge in [0.1, 0.15) is 11.5 Å². The Bertz CT molecular complexity index is 1180. The minimum atomic E-state index is -0.389. The van der Waals surface area contributed by atoms with Crippen LogP contribution in [0, 0.1) is 11.8 Å². The molecule has 0 unspecified atom stereocenters. The van der Waals surface area contributed by atoms with Gasteiger partial charge in [0, 0.05) is 18.0 Å². The van der Waals surface area contributed by atoms with Gasteiger partial charge in [0.25, 0.3) is 0 Å². The van der Waals surface area contributed by atoms with E-state index in [1.807, 2.05) is 36.7 Å². The lowest BCUT2D eigenvalue weighted by Crippen LogP contribution is -2.15. The summed E-state index contributed by atoms with van der Waals surface area (Å²) in [5.74, 6) is 3.43. The number of hydrogen-bond acceptors (Lipinski definition) is 5. The van der Waals surface area contributed by atoms with Gasteiger partial charge in [-0.2, -0.15) is 0 Å². The molecule has 4 rings (SSSR count). The van der Waals surface area contributed by atoms with E-state index < -0.39 is 0 Å².